The van der Waals surface area contributed by atoms with Crippen molar-refractivity contribution in [2.75, 3.05) is 12.4 Å². The van der Waals surface area contributed by atoms with Crippen molar-refractivity contribution in [3.8, 4) is 17.2 Å². The number of rotatable bonds is 10. The van der Waals surface area contributed by atoms with Crippen molar-refractivity contribution in [3.63, 3.8) is 0 Å². The van der Waals surface area contributed by atoms with E-state index in [-0.39, 0.29) is 17.5 Å². The van der Waals surface area contributed by atoms with Crippen molar-refractivity contribution in [3.05, 3.63) is 83.4 Å². The Hall–Kier alpha value is -5.27. The average Bonchev–Trinajstić information content (AvgIpc) is 2.94. The van der Waals surface area contributed by atoms with Crippen molar-refractivity contribution < 1.29 is 41.8 Å². The highest BCUT2D eigenvalue weighted by Crippen LogP contribution is 2.32. The van der Waals surface area contributed by atoms with Gasteiger partial charge in [0.1, 0.15) is 17.6 Å². The summed E-state index contributed by atoms with van der Waals surface area (Å²) in [4.78, 5) is 36.9. The van der Waals surface area contributed by atoms with Crippen LogP contribution in [-0.4, -0.2) is 43.0 Å². The number of nitrogen functional groups attached to an aromatic ring is 1. The van der Waals surface area contributed by atoms with Crippen LogP contribution in [0.2, 0.25) is 0 Å². The molecule has 0 bridgehead atoms. The van der Waals surface area contributed by atoms with E-state index in [0.717, 1.165) is 24.3 Å². The summed E-state index contributed by atoms with van der Waals surface area (Å²) in [7, 11) is 1.45. The number of hydrogen-bond acceptors (Lipinski definition) is 8. The van der Waals surface area contributed by atoms with Gasteiger partial charge in [0.25, 0.3) is 11.8 Å². The lowest BCUT2D eigenvalue weighted by Gasteiger charge is -2.22. The number of nitrogens with one attached hydrogen (secondary N) is 4. The van der Waals surface area contributed by atoms with E-state index in [9.17, 15) is 27.6 Å². The molecule has 6 N–H and O–H groups in total. The Balaban J connectivity index is 1.79. The van der Waals surface area contributed by atoms with Gasteiger partial charge in [0, 0.05) is 16.8 Å². The van der Waals surface area contributed by atoms with Crippen LogP contribution < -0.4 is 36.1 Å². The molecule has 0 radical (unpaired) electrons. The number of ether oxygens (including phenoxy) is 3. The molecule has 0 heterocycles. The second-order valence-corrected chi connectivity index (χ2v) is 9.00. The van der Waals surface area contributed by atoms with Crippen LogP contribution in [0.25, 0.3) is 0 Å². The van der Waals surface area contributed by atoms with Gasteiger partial charge in [-0.25, -0.2) is 4.79 Å². The van der Waals surface area contributed by atoms with Gasteiger partial charge in [0.05, 0.1) is 13.2 Å². The molecule has 3 aromatic carbocycles. The zero-order chi connectivity index (χ0) is 31.0. The molecule has 11 nitrogen and oxygen atoms in total. The molecule has 1 unspecified atom stereocenters. The lowest BCUT2D eigenvalue weighted by molar-refractivity contribution is -0.189. The first-order chi connectivity index (χ1) is 19.8. The third-order valence-electron chi connectivity index (χ3n) is 5.51. The first kappa shape index (κ1) is 31.3. The third-order valence-corrected chi connectivity index (χ3v) is 5.51. The second-order valence-electron chi connectivity index (χ2n) is 9.00. The third kappa shape index (κ3) is 8.36. The minimum absolute atomic E-state index is 0.0386. The number of alkyl halides is 3. The highest BCUT2D eigenvalue weighted by Gasteiger charge is 2.41. The summed E-state index contributed by atoms with van der Waals surface area (Å²) in [5, 5.41) is 10.6. The normalized spacial score (nSPS) is 11.7. The second kappa shape index (κ2) is 13.4. The largest absolute Gasteiger partial charge is 0.493 e. The first-order valence-corrected chi connectivity index (χ1v) is 12.3. The van der Waals surface area contributed by atoms with Gasteiger partial charge in [-0.15, -0.1) is 0 Å². The summed E-state index contributed by atoms with van der Waals surface area (Å²) in [5.41, 5.74) is 11.5. The summed E-state index contributed by atoms with van der Waals surface area (Å²) in [6.07, 6.45) is -5.31. The Morgan fingerprint density at radius 1 is 0.881 bits per heavy atom. The van der Waals surface area contributed by atoms with Crippen molar-refractivity contribution in [2.45, 2.75) is 32.2 Å². The van der Waals surface area contributed by atoms with E-state index in [1.54, 1.807) is 42.5 Å². The van der Waals surface area contributed by atoms with Gasteiger partial charge in [-0.3, -0.25) is 25.8 Å². The van der Waals surface area contributed by atoms with Crippen LogP contribution in [0.1, 0.15) is 41.4 Å². The summed E-state index contributed by atoms with van der Waals surface area (Å²) >= 11 is 0. The van der Waals surface area contributed by atoms with E-state index in [4.69, 9.17) is 20.6 Å². The van der Waals surface area contributed by atoms with E-state index in [2.05, 4.69) is 20.9 Å². The maximum absolute atomic E-state index is 13.3. The molecule has 0 spiro atoms. The fraction of sp³-hybridized carbons (Fsp3) is 0.214. The van der Waals surface area contributed by atoms with Gasteiger partial charge >= 0.3 is 12.1 Å². The average molecular weight is 588 g/mol. The predicted molar refractivity (Wildman–Crippen MR) is 146 cm³/mol. The fourth-order valence-electron chi connectivity index (χ4n) is 3.53. The van der Waals surface area contributed by atoms with Crippen molar-refractivity contribution >= 4 is 29.3 Å². The molecule has 0 aliphatic carbocycles. The molecule has 0 fully saturated rings. The van der Waals surface area contributed by atoms with E-state index < -0.39 is 35.8 Å². The standard InChI is InChI=1S/C28H28F3N5O6/c1-15(2)41-21-13-8-18(14-22(21)40-3)23(34-19-9-4-16(5-10-19)24(32)33)26(38)36-35-25(37)17-6-11-20(12-7-17)42-27(39)28(29,30)31/h4-15,23,34H,1-3H3,(H3,32,33)(H,35,37)(H,36,38). The van der Waals surface area contributed by atoms with Crippen LogP contribution in [0.15, 0.2) is 66.7 Å². The number of nitrogens with two attached hydrogens (primary N) is 1. The van der Waals surface area contributed by atoms with Gasteiger partial charge in [-0.2, -0.15) is 13.2 Å². The quantitative estimate of drug-likeness (QED) is 0.0785. The van der Waals surface area contributed by atoms with Gasteiger partial charge in [-0.1, -0.05) is 6.07 Å². The summed E-state index contributed by atoms with van der Waals surface area (Å²) in [6, 6.07) is 14.5. The fourth-order valence-corrected chi connectivity index (χ4v) is 3.53. The van der Waals surface area contributed by atoms with Gasteiger partial charge in [-0.05, 0) is 80.1 Å². The van der Waals surface area contributed by atoms with Gasteiger partial charge in [0.15, 0.2) is 11.5 Å². The lowest BCUT2D eigenvalue weighted by atomic mass is 10.0. The smallest absolute Gasteiger partial charge is 0.491 e. The Bertz CT molecular complexity index is 1440. The van der Waals surface area contributed by atoms with Crippen LogP contribution in [0.3, 0.4) is 0 Å². The van der Waals surface area contributed by atoms with Crippen LogP contribution in [0, 0.1) is 5.41 Å². The molecule has 42 heavy (non-hydrogen) atoms. The minimum Gasteiger partial charge on any atom is -0.493 e. The molecule has 0 saturated heterocycles. The number of esters is 1. The summed E-state index contributed by atoms with van der Waals surface area (Å²) < 4.78 is 52.6. The zero-order valence-corrected chi connectivity index (χ0v) is 22.7. The predicted octanol–water partition coefficient (Wildman–Crippen LogP) is 3.85. The number of carbonyl (C=O) groups is 3. The first-order valence-electron chi connectivity index (χ1n) is 12.3. The zero-order valence-electron chi connectivity index (χ0n) is 22.7. The maximum atomic E-state index is 13.3. The summed E-state index contributed by atoms with van der Waals surface area (Å²) in [6.45, 7) is 3.70. The number of amides is 2. The summed E-state index contributed by atoms with van der Waals surface area (Å²) in [5.74, 6) is -3.61. The number of methoxy groups -OCH3 is 1. The monoisotopic (exact) mass is 587 g/mol. The molecule has 3 aromatic rings. The van der Waals surface area contributed by atoms with Gasteiger partial charge in [0.2, 0.25) is 0 Å². The number of anilines is 1. The Kier molecular flexibility index (Phi) is 9.97. The van der Waals surface area contributed by atoms with Crippen LogP contribution in [-0.2, 0) is 9.59 Å². The minimum atomic E-state index is -5.17. The molecule has 0 aliphatic heterocycles. The van der Waals surface area contributed by atoms with Crippen LogP contribution in [0.4, 0.5) is 18.9 Å². The Morgan fingerprint density at radius 2 is 1.50 bits per heavy atom. The lowest BCUT2D eigenvalue weighted by Crippen LogP contribution is -2.45. The van der Waals surface area contributed by atoms with Crippen LogP contribution in [0.5, 0.6) is 17.2 Å². The van der Waals surface area contributed by atoms with E-state index in [1.165, 1.54) is 7.11 Å². The highest BCUT2D eigenvalue weighted by atomic mass is 19.4. The topological polar surface area (TPSA) is 165 Å². The van der Waals surface area contributed by atoms with E-state index in [1.807, 2.05) is 13.8 Å². The molecule has 2 amide bonds. The SMILES string of the molecule is COc1cc(C(Nc2ccc(C(=N)N)cc2)C(=O)NNC(=O)c2ccc(OC(=O)C(F)(F)F)cc2)ccc1OC(C)C. The Labute approximate surface area is 238 Å². The van der Waals surface area contributed by atoms with Crippen molar-refractivity contribution in [1.82, 2.24) is 10.9 Å². The molecule has 0 aliphatic rings. The molecule has 0 aromatic heterocycles. The highest BCUT2D eigenvalue weighted by molar-refractivity contribution is 5.97. The van der Waals surface area contributed by atoms with Gasteiger partial charge < -0.3 is 25.3 Å². The van der Waals surface area contributed by atoms with Crippen molar-refractivity contribution in [2.24, 2.45) is 5.73 Å². The number of carbonyl (C=O) groups excluding carboxylic acids is 3. The number of hydrazine groups is 1. The number of hydrogen-bond donors (Lipinski definition) is 5. The molecule has 3 rings (SSSR count). The molecule has 222 valence electrons. The molecule has 14 heteroatoms. The molecular formula is C28H28F3N5O6. The number of halogens is 3. The van der Waals surface area contributed by atoms with E-state index >= 15 is 0 Å². The number of amidine groups is 1. The number of benzene rings is 3. The maximum Gasteiger partial charge on any atom is 0.491 e. The Morgan fingerprint density at radius 3 is 2.05 bits per heavy atom. The van der Waals surface area contributed by atoms with Crippen molar-refractivity contribution in [1.29, 1.82) is 5.41 Å². The van der Waals surface area contributed by atoms with E-state index in [0.29, 0.717) is 28.3 Å². The molecule has 1 atom stereocenters. The van der Waals surface area contributed by atoms with Crippen LogP contribution >= 0.6 is 0 Å². The molecule has 0 saturated carbocycles. The molecular weight excluding hydrogens is 559 g/mol.